The van der Waals surface area contributed by atoms with Crippen LogP contribution in [0.3, 0.4) is 0 Å². The average Bonchev–Trinajstić information content (AvgIpc) is 3.26. The Morgan fingerprint density at radius 2 is 1.86 bits per heavy atom. The molecule has 35 heavy (non-hydrogen) atoms. The van der Waals surface area contributed by atoms with Crippen molar-refractivity contribution in [2.24, 2.45) is 13.0 Å². The fraction of sp³-hybridized carbons (Fsp3) is 0.304. The third-order valence-electron chi connectivity index (χ3n) is 5.53. The predicted octanol–water partition coefficient (Wildman–Crippen LogP) is 1.30. The Balaban J connectivity index is 1.78. The van der Waals surface area contributed by atoms with Crippen LogP contribution in [0.5, 0.6) is 0 Å². The Hall–Kier alpha value is -3.93. The van der Waals surface area contributed by atoms with E-state index in [9.17, 15) is 19.2 Å². The molecular weight excluding hydrogens is 470 g/mol. The molecule has 0 aliphatic heterocycles. The van der Waals surface area contributed by atoms with Gasteiger partial charge < -0.3 is 5.73 Å². The summed E-state index contributed by atoms with van der Waals surface area (Å²) < 4.78 is 5.28. The van der Waals surface area contributed by atoms with Gasteiger partial charge in [-0.15, -0.1) is 16.8 Å². The van der Waals surface area contributed by atoms with Crippen LogP contribution in [-0.2, 0) is 20.1 Å². The fourth-order valence-electron chi connectivity index (χ4n) is 3.91. The van der Waals surface area contributed by atoms with Crippen molar-refractivity contribution in [3.8, 4) is 0 Å². The second-order valence-electron chi connectivity index (χ2n) is 8.46. The summed E-state index contributed by atoms with van der Waals surface area (Å²) >= 11 is 1.06. The number of hydrogen-bond acceptors (Lipinski definition) is 8. The van der Waals surface area contributed by atoms with Gasteiger partial charge in [0.2, 0.25) is 5.78 Å². The Bertz CT molecular complexity index is 1660. The molecule has 182 valence electrons. The van der Waals surface area contributed by atoms with Gasteiger partial charge in [-0.2, -0.15) is 0 Å². The number of para-hydroxylation sites is 1. The van der Waals surface area contributed by atoms with Gasteiger partial charge in [-0.1, -0.05) is 43.8 Å². The molecule has 2 N–H and O–H groups in total. The summed E-state index contributed by atoms with van der Waals surface area (Å²) in [5.41, 5.74) is 4.95. The molecule has 0 spiro atoms. The maximum absolute atomic E-state index is 13.2. The minimum atomic E-state index is -0.741. The van der Waals surface area contributed by atoms with E-state index in [4.69, 9.17) is 5.73 Å². The Kier molecular flexibility index (Phi) is 6.48. The summed E-state index contributed by atoms with van der Waals surface area (Å²) in [4.78, 5) is 51.4. The first-order chi connectivity index (χ1) is 16.7. The van der Waals surface area contributed by atoms with Gasteiger partial charge in [-0.3, -0.25) is 32.5 Å². The minimum Gasteiger partial charge on any atom is -0.384 e. The number of Topliss-reactive ketones (excluding diaryl/α,β-unsaturated/α-hetero) is 1. The van der Waals surface area contributed by atoms with Gasteiger partial charge in [-0.05, 0) is 18.1 Å². The zero-order valence-electron chi connectivity index (χ0n) is 19.6. The summed E-state index contributed by atoms with van der Waals surface area (Å²) in [5.74, 6) is -0.465. The van der Waals surface area contributed by atoms with Crippen molar-refractivity contribution in [1.29, 1.82) is 0 Å². The molecule has 0 radical (unpaired) electrons. The van der Waals surface area contributed by atoms with E-state index >= 15 is 0 Å². The van der Waals surface area contributed by atoms with Crippen LogP contribution in [0.4, 0.5) is 5.82 Å². The lowest BCUT2D eigenvalue weighted by Crippen LogP contribution is -2.43. The van der Waals surface area contributed by atoms with Crippen molar-refractivity contribution in [2.75, 3.05) is 11.5 Å². The van der Waals surface area contributed by atoms with Gasteiger partial charge in [0.1, 0.15) is 11.4 Å². The number of aromatic nitrogens is 6. The number of thioether (sulfide) groups is 1. The second kappa shape index (κ2) is 9.37. The van der Waals surface area contributed by atoms with Gasteiger partial charge in [0.05, 0.1) is 16.7 Å². The third-order valence-corrected chi connectivity index (χ3v) is 6.46. The number of allylic oxidation sites excluding steroid dienone is 1. The monoisotopic (exact) mass is 495 g/mol. The molecule has 0 amide bonds. The second-order valence-corrected chi connectivity index (χ2v) is 9.41. The number of anilines is 1. The molecule has 11 nitrogen and oxygen atoms in total. The zero-order chi connectivity index (χ0) is 25.4. The molecule has 0 unspecified atom stereocenters. The number of hydrogen-bond donors (Lipinski definition) is 1. The number of nitrogens with two attached hydrogens (primary N) is 1. The predicted molar refractivity (Wildman–Crippen MR) is 135 cm³/mol. The van der Waals surface area contributed by atoms with Gasteiger partial charge in [0.25, 0.3) is 11.1 Å². The maximum Gasteiger partial charge on any atom is 0.332 e. The molecule has 0 atom stereocenters. The Morgan fingerprint density at radius 3 is 2.54 bits per heavy atom. The molecule has 3 aromatic heterocycles. The van der Waals surface area contributed by atoms with Crippen LogP contribution in [0, 0.1) is 5.92 Å². The number of benzene rings is 1. The van der Waals surface area contributed by atoms with Crippen molar-refractivity contribution in [2.45, 2.75) is 32.1 Å². The number of carbonyl (C=O) groups excluding carboxylic acids is 1. The Morgan fingerprint density at radius 1 is 1.14 bits per heavy atom. The molecule has 12 heteroatoms. The van der Waals surface area contributed by atoms with Crippen LogP contribution in [-0.4, -0.2) is 39.8 Å². The first-order valence-corrected chi connectivity index (χ1v) is 11.9. The number of nitrogens with zero attached hydrogens (tertiary/aromatic N) is 6. The largest absolute Gasteiger partial charge is 0.384 e. The third kappa shape index (κ3) is 4.09. The topological polar surface area (TPSA) is 139 Å². The molecule has 0 saturated carbocycles. The molecule has 0 fully saturated rings. The number of carbonyl (C=O) groups is 1. The van der Waals surface area contributed by atoms with Crippen molar-refractivity contribution in [1.82, 2.24) is 28.3 Å². The first kappa shape index (κ1) is 24.2. The van der Waals surface area contributed by atoms with Crippen LogP contribution in [0.2, 0.25) is 0 Å². The molecule has 4 aromatic rings. The van der Waals surface area contributed by atoms with Crippen LogP contribution in [0.1, 0.15) is 24.2 Å². The van der Waals surface area contributed by atoms with E-state index in [1.54, 1.807) is 34.7 Å². The van der Waals surface area contributed by atoms with Crippen LogP contribution in [0.25, 0.3) is 16.7 Å². The maximum atomic E-state index is 13.2. The highest BCUT2D eigenvalue weighted by Gasteiger charge is 2.23. The molecule has 0 bridgehead atoms. The highest BCUT2D eigenvalue weighted by molar-refractivity contribution is 7.99. The van der Waals surface area contributed by atoms with Crippen LogP contribution >= 0.6 is 11.8 Å². The van der Waals surface area contributed by atoms with Crippen molar-refractivity contribution >= 4 is 40.0 Å². The molecular formula is C23H25N7O4S. The number of rotatable bonds is 8. The van der Waals surface area contributed by atoms with E-state index in [2.05, 4.69) is 16.8 Å². The van der Waals surface area contributed by atoms with E-state index in [0.717, 1.165) is 16.3 Å². The van der Waals surface area contributed by atoms with E-state index in [1.165, 1.54) is 16.2 Å². The summed E-state index contributed by atoms with van der Waals surface area (Å²) in [6, 6.07) is 7.03. The van der Waals surface area contributed by atoms with E-state index in [-0.39, 0.29) is 41.7 Å². The molecule has 4 rings (SSSR count). The summed E-state index contributed by atoms with van der Waals surface area (Å²) in [5, 5.41) is 9.19. The fourth-order valence-corrected chi connectivity index (χ4v) is 4.72. The van der Waals surface area contributed by atoms with Gasteiger partial charge in [0.15, 0.2) is 10.9 Å². The molecule has 1 aromatic carbocycles. The normalized spacial score (nSPS) is 11.5. The van der Waals surface area contributed by atoms with Gasteiger partial charge in [-0.25, -0.2) is 4.79 Å². The Labute approximate surface area is 203 Å². The van der Waals surface area contributed by atoms with Crippen molar-refractivity contribution in [3.63, 3.8) is 0 Å². The van der Waals surface area contributed by atoms with Crippen LogP contribution in [0.15, 0.2) is 56.5 Å². The number of fused-ring (bicyclic) bond motifs is 3. The highest BCUT2D eigenvalue weighted by Crippen LogP contribution is 2.23. The summed E-state index contributed by atoms with van der Waals surface area (Å²) in [6.45, 7) is 8.02. The van der Waals surface area contributed by atoms with E-state index in [0.29, 0.717) is 21.8 Å². The first-order valence-electron chi connectivity index (χ1n) is 10.9. The smallest absolute Gasteiger partial charge is 0.332 e. The van der Waals surface area contributed by atoms with Crippen molar-refractivity contribution in [3.05, 3.63) is 73.7 Å². The standard InChI is InChI=1S/C23H25N7O4S/c1-5-10-28-19(32)14-8-6-7-9-15(14)30-21(28)25-26-22(30)35-12-16(31)17-18(24)29(11-13(2)3)23(34)27(4)20(17)33/h5-9,13H,1,10-12,24H2,2-4H3. The lowest BCUT2D eigenvalue weighted by atomic mass is 10.2. The minimum absolute atomic E-state index is 0.0774. The summed E-state index contributed by atoms with van der Waals surface area (Å²) in [7, 11) is 1.32. The zero-order valence-corrected chi connectivity index (χ0v) is 20.4. The van der Waals surface area contributed by atoms with E-state index < -0.39 is 17.0 Å². The summed E-state index contributed by atoms with van der Waals surface area (Å²) in [6.07, 6.45) is 1.59. The molecule has 0 saturated heterocycles. The SMILES string of the molecule is C=CCn1c(=O)c2ccccc2n2c(SCC(=O)c3c(N)n(CC(C)C)c(=O)n(C)c3=O)nnc12. The lowest BCUT2D eigenvalue weighted by molar-refractivity contribution is 0.102. The highest BCUT2D eigenvalue weighted by atomic mass is 32.2. The van der Waals surface area contributed by atoms with E-state index in [1.807, 2.05) is 13.8 Å². The molecule has 0 aliphatic rings. The number of ketones is 1. The van der Waals surface area contributed by atoms with Crippen LogP contribution < -0.4 is 22.5 Å². The van der Waals surface area contributed by atoms with Crippen molar-refractivity contribution < 1.29 is 4.79 Å². The molecule has 3 heterocycles. The molecule has 0 aliphatic carbocycles. The average molecular weight is 496 g/mol. The van der Waals surface area contributed by atoms with Gasteiger partial charge >= 0.3 is 5.69 Å². The van der Waals surface area contributed by atoms with Gasteiger partial charge in [0, 0.05) is 20.1 Å². The lowest BCUT2D eigenvalue weighted by Gasteiger charge is -2.16. The number of nitrogen functional groups attached to an aromatic ring is 1. The quantitative estimate of drug-likeness (QED) is 0.219.